The van der Waals surface area contributed by atoms with Crippen LogP contribution in [-0.2, 0) is 4.79 Å². The molecule has 0 radical (unpaired) electrons. The number of carbonyl (C=O) groups is 1. The minimum absolute atomic E-state index is 0.373. The second-order valence-corrected chi connectivity index (χ2v) is 2.77. The van der Waals surface area contributed by atoms with Crippen LogP contribution in [0.4, 0.5) is 0 Å². The van der Waals surface area contributed by atoms with Gasteiger partial charge in [0.05, 0.1) is 0 Å². The maximum Gasteiger partial charge on any atom is 0.247 e. The molecule has 0 unspecified atom stereocenters. The molecule has 0 N–H and O–H groups in total. The Bertz CT molecular complexity index is 152. The third-order valence-electron chi connectivity index (χ3n) is 1.07. The van der Waals surface area contributed by atoms with Gasteiger partial charge in [-0.2, -0.15) is 0 Å². The molecule has 0 aliphatic rings. The average molecular weight is 162 g/mol. The van der Waals surface area contributed by atoms with E-state index in [1.165, 1.54) is 0 Å². The lowest BCUT2D eigenvalue weighted by atomic mass is 10.3. The van der Waals surface area contributed by atoms with Gasteiger partial charge in [-0.05, 0) is 32.6 Å². The summed E-state index contributed by atoms with van der Waals surface area (Å²) < 4.78 is 0. The molecule has 0 aromatic heterocycles. The van der Waals surface area contributed by atoms with Gasteiger partial charge < -0.3 is 4.90 Å². The minimum Gasteiger partial charge on any atom is -0.306 e. The van der Waals surface area contributed by atoms with Crippen molar-refractivity contribution in [3.8, 4) is 0 Å². The van der Waals surface area contributed by atoms with E-state index in [4.69, 9.17) is 11.6 Å². The van der Waals surface area contributed by atoms with Crippen LogP contribution in [0.3, 0.4) is 0 Å². The Hall–Kier alpha value is -0.340. The first-order valence-electron chi connectivity index (χ1n) is 3.05. The number of rotatable bonds is 3. The SMILES string of the molecule is C/C(=C\CN(C)C)C(=O)Cl. The summed E-state index contributed by atoms with van der Waals surface area (Å²) in [6.45, 7) is 2.46. The topological polar surface area (TPSA) is 20.3 Å². The highest BCUT2D eigenvalue weighted by Crippen LogP contribution is 1.97. The van der Waals surface area contributed by atoms with E-state index < -0.39 is 0 Å². The first kappa shape index (κ1) is 9.66. The van der Waals surface area contributed by atoms with Gasteiger partial charge in [0.2, 0.25) is 5.24 Å². The highest BCUT2D eigenvalue weighted by atomic mass is 35.5. The quantitative estimate of drug-likeness (QED) is 0.459. The van der Waals surface area contributed by atoms with Gasteiger partial charge in [-0.25, -0.2) is 0 Å². The number of hydrogen-bond donors (Lipinski definition) is 0. The molecular weight excluding hydrogens is 150 g/mol. The summed E-state index contributed by atoms with van der Waals surface area (Å²) in [5.41, 5.74) is 0.607. The van der Waals surface area contributed by atoms with Crippen molar-refractivity contribution >= 4 is 16.8 Å². The van der Waals surface area contributed by atoms with Crippen LogP contribution >= 0.6 is 11.6 Å². The number of hydrogen-bond acceptors (Lipinski definition) is 2. The van der Waals surface area contributed by atoms with Gasteiger partial charge in [0.25, 0.3) is 0 Å². The molecule has 0 spiro atoms. The number of nitrogens with zero attached hydrogens (tertiary/aromatic N) is 1. The zero-order valence-corrected chi connectivity index (χ0v) is 7.27. The van der Waals surface area contributed by atoms with Gasteiger partial charge in [0.15, 0.2) is 0 Å². The van der Waals surface area contributed by atoms with Crippen molar-refractivity contribution in [3.63, 3.8) is 0 Å². The van der Waals surface area contributed by atoms with Gasteiger partial charge in [0, 0.05) is 12.1 Å². The third kappa shape index (κ3) is 4.53. The molecule has 0 aliphatic heterocycles. The van der Waals surface area contributed by atoms with Crippen LogP contribution < -0.4 is 0 Å². The van der Waals surface area contributed by atoms with E-state index in [9.17, 15) is 4.79 Å². The summed E-state index contributed by atoms with van der Waals surface area (Å²) in [6.07, 6.45) is 1.80. The lowest BCUT2D eigenvalue weighted by Gasteiger charge is -2.04. The fraction of sp³-hybridized carbons (Fsp3) is 0.571. The van der Waals surface area contributed by atoms with Crippen LogP contribution in [0, 0.1) is 0 Å². The summed E-state index contributed by atoms with van der Waals surface area (Å²) >= 11 is 5.19. The van der Waals surface area contributed by atoms with E-state index in [0.717, 1.165) is 6.54 Å². The standard InChI is InChI=1S/C7H12ClNO/c1-6(7(8)10)4-5-9(2)3/h4H,5H2,1-3H3/b6-4+. The van der Waals surface area contributed by atoms with E-state index in [-0.39, 0.29) is 5.24 Å². The third-order valence-corrected chi connectivity index (χ3v) is 1.37. The Labute approximate surface area is 66.5 Å². The molecule has 0 saturated carbocycles. The molecular formula is C7H12ClNO. The first-order chi connectivity index (χ1) is 4.54. The molecule has 0 amide bonds. The summed E-state index contributed by atoms with van der Waals surface area (Å²) in [5, 5.41) is -0.373. The van der Waals surface area contributed by atoms with Gasteiger partial charge >= 0.3 is 0 Å². The molecule has 0 bridgehead atoms. The number of halogens is 1. The monoisotopic (exact) mass is 161 g/mol. The molecule has 0 heterocycles. The average Bonchev–Trinajstić information content (AvgIpc) is 1.82. The lowest BCUT2D eigenvalue weighted by molar-refractivity contribution is -0.108. The minimum atomic E-state index is -0.373. The van der Waals surface area contributed by atoms with Gasteiger partial charge in [0.1, 0.15) is 0 Å². The predicted molar refractivity (Wildman–Crippen MR) is 43.2 cm³/mol. The van der Waals surface area contributed by atoms with Crippen molar-refractivity contribution in [2.75, 3.05) is 20.6 Å². The Balaban J connectivity index is 3.81. The first-order valence-corrected chi connectivity index (χ1v) is 3.43. The van der Waals surface area contributed by atoms with Gasteiger partial charge in [-0.15, -0.1) is 0 Å². The molecule has 0 saturated heterocycles. The molecule has 10 heavy (non-hydrogen) atoms. The molecule has 3 heteroatoms. The maximum atomic E-state index is 10.4. The smallest absolute Gasteiger partial charge is 0.247 e. The van der Waals surface area contributed by atoms with Crippen LogP contribution in [0.15, 0.2) is 11.6 Å². The lowest BCUT2D eigenvalue weighted by Crippen LogP contribution is -2.11. The summed E-state index contributed by atoms with van der Waals surface area (Å²) in [4.78, 5) is 12.4. The van der Waals surface area contributed by atoms with Crippen LogP contribution in [0.5, 0.6) is 0 Å². The molecule has 0 rings (SSSR count). The summed E-state index contributed by atoms with van der Waals surface area (Å²) in [7, 11) is 3.87. The number of allylic oxidation sites excluding steroid dienone is 1. The zero-order chi connectivity index (χ0) is 8.15. The van der Waals surface area contributed by atoms with E-state index in [1.807, 2.05) is 19.0 Å². The molecule has 2 nitrogen and oxygen atoms in total. The molecule has 0 aromatic carbocycles. The number of carbonyl (C=O) groups excluding carboxylic acids is 1. The van der Waals surface area contributed by atoms with Gasteiger partial charge in [-0.1, -0.05) is 6.08 Å². The number of likely N-dealkylation sites (N-methyl/N-ethyl adjacent to an activating group) is 1. The summed E-state index contributed by atoms with van der Waals surface area (Å²) in [5.74, 6) is 0. The van der Waals surface area contributed by atoms with Crippen molar-refractivity contribution in [2.24, 2.45) is 0 Å². The van der Waals surface area contributed by atoms with E-state index in [0.29, 0.717) is 5.57 Å². The maximum absolute atomic E-state index is 10.4. The van der Waals surface area contributed by atoms with Gasteiger partial charge in [-0.3, -0.25) is 4.79 Å². The second kappa shape index (κ2) is 4.47. The second-order valence-electron chi connectivity index (χ2n) is 2.42. The largest absolute Gasteiger partial charge is 0.306 e. The van der Waals surface area contributed by atoms with E-state index in [2.05, 4.69) is 0 Å². The molecule has 58 valence electrons. The zero-order valence-electron chi connectivity index (χ0n) is 6.52. The molecule has 0 atom stereocenters. The van der Waals surface area contributed by atoms with E-state index >= 15 is 0 Å². The molecule has 0 aliphatic carbocycles. The highest BCUT2D eigenvalue weighted by Gasteiger charge is 1.96. The molecule has 0 aromatic rings. The van der Waals surface area contributed by atoms with Crippen molar-refractivity contribution in [1.82, 2.24) is 4.90 Å². The van der Waals surface area contributed by atoms with Crippen LogP contribution in [0.25, 0.3) is 0 Å². The van der Waals surface area contributed by atoms with Crippen LogP contribution in [0.2, 0.25) is 0 Å². The fourth-order valence-electron chi connectivity index (χ4n) is 0.400. The van der Waals surface area contributed by atoms with Crippen molar-refractivity contribution in [1.29, 1.82) is 0 Å². The van der Waals surface area contributed by atoms with Crippen molar-refractivity contribution in [2.45, 2.75) is 6.92 Å². The van der Waals surface area contributed by atoms with Crippen LogP contribution in [0.1, 0.15) is 6.92 Å². The van der Waals surface area contributed by atoms with Crippen molar-refractivity contribution < 1.29 is 4.79 Å². The molecule has 0 fully saturated rings. The Morgan fingerprint density at radius 3 is 2.40 bits per heavy atom. The van der Waals surface area contributed by atoms with Crippen LogP contribution in [-0.4, -0.2) is 30.8 Å². The van der Waals surface area contributed by atoms with Crippen molar-refractivity contribution in [3.05, 3.63) is 11.6 Å². The Morgan fingerprint density at radius 1 is 1.60 bits per heavy atom. The Morgan fingerprint density at radius 2 is 2.10 bits per heavy atom. The summed E-state index contributed by atoms with van der Waals surface area (Å²) in [6, 6.07) is 0. The normalized spacial score (nSPS) is 12.3. The predicted octanol–water partition coefficient (Wildman–Crippen LogP) is 1.26. The fourth-order valence-corrected chi connectivity index (χ4v) is 0.477. The highest BCUT2D eigenvalue weighted by molar-refractivity contribution is 6.67. The van der Waals surface area contributed by atoms with E-state index in [1.54, 1.807) is 13.0 Å². The Kier molecular flexibility index (Phi) is 4.32.